The van der Waals surface area contributed by atoms with Gasteiger partial charge in [-0.05, 0) is 30.6 Å². The van der Waals surface area contributed by atoms with Gasteiger partial charge in [0, 0.05) is 13.5 Å². The number of aliphatic hydroxyl groups excluding tert-OH is 1. The lowest BCUT2D eigenvalue weighted by atomic mass is 9.71. The molecular weight excluding hydrogens is 256 g/mol. The fraction of sp³-hybridized carbons (Fsp3) is 1.00. The van der Waals surface area contributed by atoms with Crippen molar-refractivity contribution in [3.63, 3.8) is 0 Å². The Morgan fingerprint density at radius 2 is 1.90 bits per heavy atom. The second kappa shape index (κ2) is 6.73. The van der Waals surface area contributed by atoms with Gasteiger partial charge in [0.25, 0.3) is 0 Å². The third kappa shape index (κ3) is 4.17. The largest absolute Gasteiger partial charge is 0.390 e. The van der Waals surface area contributed by atoms with Crippen molar-refractivity contribution in [1.82, 2.24) is 0 Å². The zero-order valence-electron chi connectivity index (χ0n) is 13.3. The van der Waals surface area contributed by atoms with Gasteiger partial charge in [-0.25, -0.2) is 0 Å². The molecular formula is C16H30O4. The average molecular weight is 286 g/mol. The van der Waals surface area contributed by atoms with Crippen molar-refractivity contribution in [3.05, 3.63) is 0 Å². The Hall–Kier alpha value is -0.160. The van der Waals surface area contributed by atoms with Crippen LogP contribution in [0, 0.1) is 11.3 Å². The first-order valence-corrected chi connectivity index (χ1v) is 7.85. The van der Waals surface area contributed by atoms with Crippen LogP contribution in [0.1, 0.15) is 46.5 Å². The van der Waals surface area contributed by atoms with Gasteiger partial charge in [-0.3, -0.25) is 0 Å². The average Bonchev–Trinajstić information content (AvgIpc) is 2.31. The number of methoxy groups -OCH3 is 1. The summed E-state index contributed by atoms with van der Waals surface area (Å²) in [5.74, 6) is 0.710. The van der Waals surface area contributed by atoms with E-state index in [0.717, 1.165) is 12.8 Å². The van der Waals surface area contributed by atoms with E-state index in [1.165, 1.54) is 6.42 Å². The van der Waals surface area contributed by atoms with E-state index < -0.39 is 0 Å². The van der Waals surface area contributed by atoms with Crippen molar-refractivity contribution in [3.8, 4) is 0 Å². The summed E-state index contributed by atoms with van der Waals surface area (Å²) in [6, 6.07) is 0. The molecule has 4 nitrogen and oxygen atoms in total. The molecule has 5 unspecified atom stereocenters. The van der Waals surface area contributed by atoms with Crippen molar-refractivity contribution < 1.29 is 19.3 Å². The molecule has 5 atom stereocenters. The summed E-state index contributed by atoms with van der Waals surface area (Å²) in [6.07, 6.45) is 4.00. The monoisotopic (exact) mass is 286 g/mol. The zero-order chi connectivity index (χ0) is 14.8. The van der Waals surface area contributed by atoms with Crippen LogP contribution in [0.15, 0.2) is 0 Å². The molecule has 2 saturated carbocycles. The minimum absolute atomic E-state index is 0.0490. The van der Waals surface area contributed by atoms with E-state index in [1.807, 2.05) is 0 Å². The molecule has 0 amide bonds. The van der Waals surface area contributed by atoms with Crippen molar-refractivity contribution in [2.75, 3.05) is 20.3 Å². The third-order valence-electron chi connectivity index (χ3n) is 4.53. The van der Waals surface area contributed by atoms with Crippen LogP contribution in [0.3, 0.4) is 0 Å². The number of hydrogen-bond donors (Lipinski definition) is 1. The van der Waals surface area contributed by atoms with Crippen LogP contribution >= 0.6 is 0 Å². The van der Waals surface area contributed by atoms with Gasteiger partial charge in [-0.2, -0.15) is 0 Å². The maximum Gasteiger partial charge on any atom is 0.110 e. The highest BCUT2D eigenvalue weighted by atomic mass is 16.6. The molecule has 0 aromatic heterocycles. The van der Waals surface area contributed by atoms with Crippen LogP contribution in [0.4, 0.5) is 0 Å². The van der Waals surface area contributed by atoms with Gasteiger partial charge in [0.05, 0.1) is 31.5 Å². The van der Waals surface area contributed by atoms with Crippen LogP contribution < -0.4 is 0 Å². The molecule has 0 saturated heterocycles. The predicted octanol–water partition coefficient (Wildman–Crippen LogP) is 2.38. The SMILES string of the molecule is COCCOC1C(O)CC1OC1CC(C)CC(C)(C)C1. The van der Waals surface area contributed by atoms with Gasteiger partial charge >= 0.3 is 0 Å². The summed E-state index contributed by atoms with van der Waals surface area (Å²) >= 11 is 0. The first-order chi connectivity index (χ1) is 9.41. The summed E-state index contributed by atoms with van der Waals surface area (Å²) in [5.41, 5.74) is 0.358. The van der Waals surface area contributed by atoms with Crippen molar-refractivity contribution in [2.45, 2.75) is 70.9 Å². The van der Waals surface area contributed by atoms with Crippen LogP contribution in [-0.4, -0.2) is 49.8 Å². The highest BCUT2D eigenvalue weighted by Gasteiger charge is 2.44. The predicted molar refractivity (Wildman–Crippen MR) is 77.7 cm³/mol. The highest BCUT2D eigenvalue weighted by Crippen LogP contribution is 2.41. The molecule has 20 heavy (non-hydrogen) atoms. The highest BCUT2D eigenvalue weighted by molar-refractivity contribution is 4.94. The third-order valence-corrected chi connectivity index (χ3v) is 4.53. The second-order valence-corrected chi connectivity index (χ2v) is 7.34. The summed E-state index contributed by atoms with van der Waals surface area (Å²) in [6.45, 7) is 8.02. The number of hydrogen-bond acceptors (Lipinski definition) is 4. The van der Waals surface area contributed by atoms with Crippen LogP contribution in [0.2, 0.25) is 0 Å². The van der Waals surface area contributed by atoms with E-state index in [0.29, 0.717) is 37.1 Å². The summed E-state index contributed by atoms with van der Waals surface area (Å²) in [7, 11) is 1.65. The Morgan fingerprint density at radius 3 is 2.50 bits per heavy atom. The number of ether oxygens (including phenoxy) is 3. The minimum Gasteiger partial charge on any atom is -0.390 e. The first kappa shape index (κ1) is 16.2. The van der Waals surface area contributed by atoms with Gasteiger partial charge in [-0.1, -0.05) is 20.8 Å². The molecule has 2 fully saturated rings. The Bertz CT molecular complexity index is 305. The van der Waals surface area contributed by atoms with Crippen molar-refractivity contribution >= 4 is 0 Å². The quantitative estimate of drug-likeness (QED) is 0.762. The van der Waals surface area contributed by atoms with Crippen LogP contribution in [0.5, 0.6) is 0 Å². The lowest BCUT2D eigenvalue weighted by molar-refractivity contribution is -0.218. The molecule has 2 rings (SSSR count). The van der Waals surface area contributed by atoms with E-state index in [-0.39, 0.29) is 18.3 Å². The van der Waals surface area contributed by atoms with E-state index in [2.05, 4.69) is 20.8 Å². The van der Waals surface area contributed by atoms with E-state index >= 15 is 0 Å². The van der Waals surface area contributed by atoms with Crippen molar-refractivity contribution in [2.24, 2.45) is 11.3 Å². The fourth-order valence-corrected chi connectivity index (χ4v) is 3.79. The molecule has 2 aliphatic rings. The van der Waals surface area contributed by atoms with Crippen molar-refractivity contribution in [1.29, 1.82) is 0 Å². The normalized spacial score (nSPS) is 40.4. The van der Waals surface area contributed by atoms with E-state index in [4.69, 9.17) is 14.2 Å². The lowest BCUT2D eigenvalue weighted by Crippen LogP contribution is -2.55. The Labute approximate surface area is 122 Å². The van der Waals surface area contributed by atoms with Gasteiger partial charge in [0.2, 0.25) is 0 Å². The van der Waals surface area contributed by atoms with Gasteiger partial charge in [0.15, 0.2) is 0 Å². The molecule has 0 aliphatic heterocycles. The van der Waals surface area contributed by atoms with Crippen LogP contribution in [-0.2, 0) is 14.2 Å². The van der Waals surface area contributed by atoms with Gasteiger partial charge in [0.1, 0.15) is 6.10 Å². The number of rotatable bonds is 6. The molecule has 2 aliphatic carbocycles. The Balaban J connectivity index is 1.80. The van der Waals surface area contributed by atoms with E-state index in [1.54, 1.807) is 7.11 Å². The number of aliphatic hydroxyl groups is 1. The molecule has 0 radical (unpaired) electrons. The first-order valence-electron chi connectivity index (χ1n) is 7.85. The van der Waals surface area contributed by atoms with E-state index in [9.17, 15) is 5.11 Å². The standard InChI is InChI=1S/C16H30O4/c1-11-7-12(10-16(2,3)9-11)20-14-8-13(17)15(14)19-6-5-18-4/h11-15,17H,5-10H2,1-4H3. The maximum atomic E-state index is 9.82. The molecule has 0 aromatic carbocycles. The second-order valence-electron chi connectivity index (χ2n) is 7.34. The molecule has 0 aromatic rings. The fourth-order valence-electron chi connectivity index (χ4n) is 3.79. The molecule has 1 N–H and O–H groups in total. The molecule has 4 heteroatoms. The van der Waals surface area contributed by atoms with Gasteiger partial charge in [-0.15, -0.1) is 0 Å². The van der Waals surface area contributed by atoms with Gasteiger partial charge < -0.3 is 19.3 Å². The molecule has 0 bridgehead atoms. The summed E-state index contributed by atoms with van der Waals surface area (Å²) < 4.78 is 16.9. The minimum atomic E-state index is -0.383. The molecule has 0 spiro atoms. The Morgan fingerprint density at radius 1 is 1.15 bits per heavy atom. The smallest absolute Gasteiger partial charge is 0.110 e. The topological polar surface area (TPSA) is 47.9 Å². The molecule has 0 heterocycles. The lowest BCUT2D eigenvalue weighted by Gasteiger charge is -2.46. The zero-order valence-corrected chi connectivity index (χ0v) is 13.3. The molecule has 118 valence electrons. The van der Waals surface area contributed by atoms with Crippen LogP contribution in [0.25, 0.3) is 0 Å². The summed E-state index contributed by atoms with van der Waals surface area (Å²) in [5, 5.41) is 9.82. The summed E-state index contributed by atoms with van der Waals surface area (Å²) in [4.78, 5) is 0. The maximum absolute atomic E-state index is 9.82. The Kier molecular flexibility index (Phi) is 5.46.